The summed E-state index contributed by atoms with van der Waals surface area (Å²) in [4.78, 5) is 12.5. The number of aromatic hydroxyl groups is 1. The van der Waals surface area contributed by atoms with Gasteiger partial charge in [-0.1, -0.05) is 263 Å². The SMILES string of the molecule is CCCCCCC1CC(CCCCCC)C2SC3=C(C4=NC=C5C=C6C=C7CC8c9c(c%10c%11c(c%12c%13c%10c%10c9=C7C7C9=C%14C%15=C%16C(=C3C(CCCC(C)C)=C3Cc%17c(CCCC(C)C)c(O)c%18cc%19c%20c%21c%18c%17C(C3%16)C%14C%21C(C%13=C%20C3C(=C%19CCCC(C)C)C=c%13[nH]cc(CC)c%13=C%123)C=%109)C4C5C%15C67)CC(CCC(C)C)C%11)C3CCCC(CCCCCC)(CCCCC(C)C)C3C8CSC(C)C)C2C1. The molecule has 23 aliphatic rings. The number of phenolic OH excluding ortho intramolecular Hbond substituents is 1. The fourth-order valence-corrected chi connectivity index (χ4v) is 41.7. The Balaban J connectivity index is 0.823. The lowest BCUT2D eigenvalue weighted by Gasteiger charge is -2.69. The number of allylic oxidation sites excluding steroid dienone is 18. The normalized spacial score (nSPS) is 32.3. The van der Waals surface area contributed by atoms with Gasteiger partial charge in [-0.15, -0.1) is 11.8 Å². The number of hydrogen-bond donors (Lipinski definition) is 2. The van der Waals surface area contributed by atoms with Gasteiger partial charge in [0.05, 0.1) is 5.71 Å². The molecule has 3 nitrogen and oxygen atoms in total. The molecule has 2 saturated carbocycles. The summed E-state index contributed by atoms with van der Waals surface area (Å²) >= 11 is 4.90. The van der Waals surface area contributed by atoms with Gasteiger partial charge in [0.25, 0.3) is 0 Å². The highest BCUT2D eigenvalue weighted by Gasteiger charge is 2.73. The number of hydrogen-bond acceptors (Lipinski definition) is 4. The van der Waals surface area contributed by atoms with E-state index in [0.29, 0.717) is 116 Å². The number of aliphatic imine (C=N–C) groups is 1. The van der Waals surface area contributed by atoms with Crippen LogP contribution < -0.4 is 21.0 Å². The molecule has 0 radical (unpaired) electrons. The third-order valence-corrected chi connectivity index (χ3v) is 46.2. The van der Waals surface area contributed by atoms with Crippen LogP contribution in [0.25, 0.3) is 61.1 Å². The lowest BCUT2D eigenvalue weighted by molar-refractivity contribution is -0.00378. The van der Waals surface area contributed by atoms with Crippen molar-refractivity contribution in [1.29, 1.82) is 0 Å². The number of aryl methyl sites for hydroxylation is 1. The van der Waals surface area contributed by atoms with Gasteiger partial charge in [0.15, 0.2) is 0 Å². The largest absolute Gasteiger partial charge is 0.507 e. The number of nitrogens with zero attached hydrogens (tertiary/aromatic N) is 1. The highest BCUT2D eigenvalue weighted by molar-refractivity contribution is 8.04. The van der Waals surface area contributed by atoms with Crippen LogP contribution in [0.3, 0.4) is 0 Å². The van der Waals surface area contributed by atoms with E-state index in [4.69, 9.17) is 4.99 Å². The quantitative estimate of drug-likeness (QED) is 0.0386. The van der Waals surface area contributed by atoms with Crippen LogP contribution in [0.15, 0.2) is 113 Å². The monoisotopic (exact) mass is 1870 g/mol. The zero-order valence-electron chi connectivity index (χ0n) is 87.7. The topological polar surface area (TPSA) is 48.4 Å². The lowest BCUT2D eigenvalue weighted by atomic mass is 9.34. The number of fused-ring (bicyclic) bond motifs is 12. The summed E-state index contributed by atoms with van der Waals surface area (Å²) in [5.41, 5.74) is 59.0. The first-order chi connectivity index (χ1) is 67.3. The first kappa shape index (κ1) is 89.4. The van der Waals surface area contributed by atoms with E-state index >= 15 is 5.11 Å². The molecule has 4 aromatic carbocycles. The molecular weight excluding hydrogens is 1710 g/mol. The van der Waals surface area contributed by atoms with Gasteiger partial charge >= 0.3 is 0 Å². The van der Waals surface area contributed by atoms with Crippen molar-refractivity contribution in [2.75, 3.05) is 5.75 Å². The van der Waals surface area contributed by atoms with Gasteiger partial charge in [0, 0.05) is 104 Å². The summed E-state index contributed by atoms with van der Waals surface area (Å²) in [7, 11) is 0. The van der Waals surface area contributed by atoms with Gasteiger partial charge < -0.3 is 10.1 Å². The summed E-state index contributed by atoms with van der Waals surface area (Å²) in [6, 6.07) is 2.83. The second kappa shape index (κ2) is 33.1. The molecule has 138 heavy (non-hydrogen) atoms. The number of rotatable bonds is 39. The van der Waals surface area contributed by atoms with E-state index in [1.54, 1.807) is 110 Å². The van der Waals surface area contributed by atoms with Crippen LogP contribution in [0.5, 0.6) is 5.75 Å². The van der Waals surface area contributed by atoms with Crippen molar-refractivity contribution in [2.45, 2.75) is 402 Å². The van der Waals surface area contributed by atoms with Crippen LogP contribution in [0.1, 0.15) is 432 Å². The zero-order chi connectivity index (χ0) is 93.4. The Morgan fingerprint density at radius 1 is 0.507 bits per heavy atom. The predicted molar refractivity (Wildman–Crippen MR) is 585 cm³/mol. The number of nitrogens with one attached hydrogen (secondary N) is 1. The minimum atomic E-state index is 0.138. The van der Waals surface area contributed by atoms with Crippen molar-refractivity contribution in [1.82, 2.24) is 4.98 Å². The number of aromatic nitrogens is 1. The summed E-state index contributed by atoms with van der Waals surface area (Å²) < 4.78 is 0. The molecule has 5 aromatic rings. The molecule has 21 aliphatic carbocycles. The Morgan fingerprint density at radius 2 is 1.20 bits per heavy atom. The summed E-state index contributed by atoms with van der Waals surface area (Å²) in [5, 5.41) is 29.6. The zero-order valence-corrected chi connectivity index (χ0v) is 89.3. The highest BCUT2D eigenvalue weighted by Crippen LogP contribution is 2.84. The van der Waals surface area contributed by atoms with Crippen LogP contribution >= 0.6 is 23.5 Å². The number of thioether (sulfide) groups is 2. The lowest BCUT2D eigenvalue weighted by Crippen LogP contribution is -2.62. The Morgan fingerprint density at radius 3 is 1.94 bits per heavy atom. The molecule has 21 atom stereocenters. The third-order valence-electron chi connectivity index (χ3n) is 43.3. The second-order valence-corrected chi connectivity index (χ2v) is 55.9. The molecule has 2 aliphatic heterocycles. The molecule has 1 aromatic heterocycles. The molecule has 28 rings (SSSR count). The molecule has 3 heterocycles. The number of benzene rings is 4. The molecule has 21 unspecified atom stereocenters. The van der Waals surface area contributed by atoms with E-state index in [1.165, 1.54) is 252 Å². The van der Waals surface area contributed by atoms with E-state index in [1.807, 2.05) is 99.2 Å². The van der Waals surface area contributed by atoms with Crippen molar-refractivity contribution in [3.8, 4) is 5.75 Å². The minimum Gasteiger partial charge on any atom is -0.507 e. The highest BCUT2D eigenvalue weighted by atomic mass is 32.2. The Hall–Kier alpha value is -6.27. The molecule has 0 amide bonds. The van der Waals surface area contributed by atoms with E-state index < -0.39 is 0 Å². The van der Waals surface area contributed by atoms with Crippen molar-refractivity contribution in [3.63, 3.8) is 0 Å². The average molecular weight is 1870 g/mol. The Bertz CT molecular complexity index is 6860. The van der Waals surface area contributed by atoms with Crippen molar-refractivity contribution < 1.29 is 5.11 Å². The van der Waals surface area contributed by atoms with Gasteiger partial charge in [-0.3, -0.25) is 4.99 Å². The first-order valence-corrected chi connectivity index (χ1v) is 61.1. The van der Waals surface area contributed by atoms with Crippen molar-refractivity contribution in [2.24, 2.45) is 129 Å². The van der Waals surface area contributed by atoms with E-state index in [-0.39, 0.29) is 29.6 Å². The predicted octanol–water partition coefficient (Wildman–Crippen LogP) is 32.4. The maximum atomic E-state index is 15.1. The standard InChI is InChI=1S/C133H164N2OS2/c1-17-21-24-27-40-70-51-73(41-28-25-22-18-2)131-89(54-70)106-129-127-95-76(62-135-129)56-74-55-75-57-83-90(63-137-69(15)16)128-80(45-35-50-133(128,48-30-26-23-19-3)49-31-29-36-64(5)6)96-97-81-52-71(47-46-68(13)14)53-82(81)100-107-92-72(20-4)61-134-91(92)60-87-77(42-32-37-65(7)8)84-59-88-104-99-86(79(130(88)136)44-34-39-67(11)12)58-85-78(43-33-38-66(9)10)105(132(106)138-131)117(127)116-102(85)111(99)122-123-113(104)101(84)112(103(87)107)121-115(100)114(97)120-110(98(83)96)94(75)108-93(74)109(95)118(116)124(122)119(108)125(120)126(121)123/h55-56,59-62,64-71,73,80,83,89-90,93,95,102-103,108-109,111,122-123,126-128,131,134,136H,17-54,57-58,63H2,1-16H3. The molecule has 0 bridgehead atoms. The number of phenols is 1. The van der Waals surface area contributed by atoms with E-state index in [0.717, 1.165) is 49.9 Å². The third kappa shape index (κ3) is 12.1. The van der Waals surface area contributed by atoms with Crippen LogP contribution in [-0.4, -0.2) is 32.1 Å². The summed E-state index contributed by atoms with van der Waals surface area (Å²) in [5.74, 6) is 13.3. The van der Waals surface area contributed by atoms with Gasteiger partial charge in [-0.05, 0) is 427 Å². The smallest absolute Gasteiger partial charge is 0.126 e. The summed E-state index contributed by atoms with van der Waals surface area (Å²) in [6.45, 7) is 40.2. The molecule has 724 valence electrons. The van der Waals surface area contributed by atoms with Crippen LogP contribution in [0.2, 0.25) is 0 Å². The fourth-order valence-electron chi connectivity index (χ4n) is 38.8. The Labute approximate surface area is 837 Å². The number of aromatic amines is 1. The van der Waals surface area contributed by atoms with Crippen molar-refractivity contribution >= 4 is 90.3 Å². The Kier molecular flexibility index (Phi) is 21.4. The van der Waals surface area contributed by atoms with Gasteiger partial charge in [-0.2, -0.15) is 11.8 Å². The van der Waals surface area contributed by atoms with Crippen molar-refractivity contribution in [3.05, 3.63) is 201 Å². The van der Waals surface area contributed by atoms with Gasteiger partial charge in [0.1, 0.15) is 5.75 Å². The van der Waals surface area contributed by atoms with Crippen LogP contribution in [0.4, 0.5) is 0 Å². The minimum absolute atomic E-state index is 0.138. The maximum absolute atomic E-state index is 15.1. The molecule has 0 saturated heterocycles. The molecular formula is C133H164N2OS2. The van der Waals surface area contributed by atoms with Gasteiger partial charge in [0.2, 0.25) is 0 Å². The second-order valence-electron chi connectivity index (χ2n) is 53.1. The molecule has 2 N–H and O–H groups in total. The first-order valence-electron chi connectivity index (χ1n) is 59.2. The van der Waals surface area contributed by atoms with E-state index in [9.17, 15) is 0 Å². The average Bonchev–Trinajstić information content (AvgIpc) is 0.789. The summed E-state index contributed by atoms with van der Waals surface area (Å²) in [6.07, 6.45) is 65.9. The number of unbranched alkanes of at least 4 members (excludes halogenated alkanes) is 10. The molecule has 5 heteroatoms. The van der Waals surface area contributed by atoms with Crippen LogP contribution in [-0.2, 0) is 32.1 Å². The molecule has 2 fully saturated rings. The number of H-pyrrole nitrogens is 1. The van der Waals surface area contributed by atoms with E-state index in [2.05, 4.69) is 176 Å². The maximum Gasteiger partial charge on any atom is 0.126 e. The van der Waals surface area contributed by atoms with Crippen LogP contribution in [0, 0.1) is 124 Å². The molecule has 0 spiro atoms. The van der Waals surface area contributed by atoms with Gasteiger partial charge in [-0.25, -0.2) is 0 Å². The fraction of sp³-hybridized carbons (Fsp3) is 0.632.